The zero-order valence-electron chi connectivity index (χ0n) is 12.8. The van der Waals surface area contributed by atoms with Crippen molar-refractivity contribution in [2.75, 3.05) is 29.9 Å². The molecule has 1 aliphatic rings. The smallest absolute Gasteiger partial charge is 0.264 e. The SMILES string of the molecule is COc1ccc(S(=O)(=O)N2CC(=O)N(C)c3ccccc32)cc1. The number of carbonyl (C=O) groups is 1. The Balaban J connectivity index is 2.09. The van der Waals surface area contributed by atoms with E-state index in [1.54, 1.807) is 43.4 Å². The lowest BCUT2D eigenvalue weighted by Crippen LogP contribution is -2.46. The first-order valence-electron chi connectivity index (χ1n) is 6.97. The Morgan fingerprint density at radius 2 is 1.61 bits per heavy atom. The van der Waals surface area contributed by atoms with Gasteiger partial charge in [0, 0.05) is 7.05 Å². The molecule has 0 aromatic heterocycles. The first-order valence-corrected chi connectivity index (χ1v) is 8.41. The molecule has 0 saturated carbocycles. The molecule has 6 nitrogen and oxygen atoms in total. The third-order valence-electron chi connectivity index (χ3n) is 3.81. The molecule has 0 saturated heterocycles. The normalized spacial score (nSPS) is 14.6. The third-order valence-corrected chi connectivity index (χ3v) is 5.59. The number of sulfonamides is 1. The number of hydrogen-bond acceptors (Lipinski definition) is 4. The van der Waals surface area contributed by atoms with Crippen molar-refractivity contribution in [3.05, 3.63) is 48.5 Å². The van der Waals surface area contributed by atoms with Crippen molar-refractivity contribution in [3.8, 4) is 5.75 Å². The second-order valence-corrected chi connectivity index (χ2v) is 6.99. The molecular formula is C16H16N2O4S. The standard InChI is InChI=1S/C16H16N2O4S/c1-17-14-5-3-4-6-15(14)18(11-16(17)19)23(20,21)13-9-7-12(22-2)8-10-13/h3-10H,11H2,1-2H3. The van der Waals surface area contributed by atoms with E-state index in [-0.39, 0.29) is 17.3 Å². The van der Waals surface area contributed by atoms with Crippen LogP contribution in [-0.2, 0) is 14.8 Å². The van der Waals surface area contributed by atoms with Gasteiger partial charge in [0.05, 0.1) is 23.4 Å². The Labute approximate surface area is 134 Å². The minimum Gasteiger partial charge on any atom is -0.497 e. The summed E-state index contributed by atoms with van der Waals surface area (Å²) in [5.41, 5.74) is 1.06. The highest BCUT2D eigenvalue weighted by molar-refractivity contribution is 7.92. The van der Waals surface area contributed by atoms with E-state index < -0.39 is 10.0 Å². The minimum atomic E-state index is -3.83. The number of nitrogens with zero attached hydrogens (tertiary/aromatic N) is 2. The molecule has 3 rings (SSSR count). The average Bonchev–Trinajstić information content (AvgIpc) is 2.58. The summed E-state index contributed by atoms with van der Waals surface area (Å²) in [5.74, 6) is 0.291. The molecule has 0 radical (unpaired) electrons. The summed E-state index contributed by atoms with van der Waals surface area (Å²) in [5, 5.41) is 0. The van der Waals surface area contributed by atoms with Gasteiger partial charge in [0.15, 0.2) is 0 Å². The molecule has 1 amide bonds. The van der Waals surface area contributed by atoms with Crippen LogP contribution in [0.15, 0.2) is 53.4 Å². The maximum absolute atomic E-state index is 12.9. The van der Waals surface area contributed by atoms with Gasteiger partial charge >= 0.3 is 0 Å². The highest BCUT2D eigenvalue weighted by Crippen LogP contribution is 2.36. The van der Waals surface area contributed by atoms with Crippen LogP contribution in [-0.4, -0.2) is 35.0 Å². The second-order valence-electron chi connectivity index (χ2n) is 5.13. The van der Waals surface area contributed by atoms with E-state index in [0.29, 0.717) is 17.1 Å². The maximum atomic E-state index is 12.9. The van der Waals surface area contributed by atoms with Crippen LogP contribution in [0.25, 0.3) is 0 Å². The number of hydrogen-bond donors (Lipinski definition) is 0. The number of carbonyl (C=O) groups excluding carboxylic acids is 1. The van der Waals surface area contributed by atoms with Gasteiger partial charge in [-0.1, -0.05) is 12.1 Å². The topological polar surface area (TPSA) is 66.9 Å². The molecule has 0 bridgehead atoms. The average molecular weight is 332 g/mol. The first kappa shape index (κ1) is 15.4. The zero-order chi connectivity index (χ0) is 16.6. The first-order chi connectivity index (χ1) is 10.9. The van der Waals surface area contributed by atoms with Crippen LogP contribution >= 0.6 is 0 Å². The van der Waals surface area contributed by atoms with Crippen LogP contribution < -0.4 is 13.9 Å². The fourth-order valence-electron chi connectivity index (χ4n) is 2.50. The highest BCUT2D eigenvalue weighted by atomic mass is 32.2. The molecule has 2 aromatic carbocycles. The summed E-state index contributed by atoms with van der Waals surface area (Å²) in [6.45, 7) is -0.220. The van der Waals surface area contributed by atoms with Crippen molar-refractivity contribution in [3.63, 3.8) is 0 Å². The Bertz CT molecular complexity index is 847. The van der Waals surface area contributed by atoms with Crippen molar-refractivity contribution in [1.29, 1.82) is 0 Å². The fourth-order valence-corrected chi connectivity index (χ4v) is 3.92. The Kier molecular flexibility index (Phi) is 3.73. The molecule has 0 spiro atoms. The molecule has 120 valence electrons. The maximum Gasteiger partial charge on any atom is 0.264 e. The summed E-state index contributed by atoms with van der Waals surface area (Å²) in [6.07, 6.45) is 0. The summed E-state index contributed by atoms with van der Waals surface area (Å²) in [6, 6.07) is 13.0. The van der Waals surface area contributed by atoms with Crippen molar-refractivity contribution in [1.82, 2.24) is 0 Å². The fraction of sp³-hybridized carbons (Fsp3) is 0.188. The van der Waals surface area contributed by atoms with Crippen LogP contribution in [0.1, 0.15) is 0 Å². The molecule has 1 heterocycles. The van der Waals surface area contributed by atoms with Gasteiger partial charge in [-0.3, -0.25) is 9.10 Å². The van der Waals surface area contributed by atoms with Gasteiger partial charge in [0.2, 0.25) is 5.91 Å². The number of anilines is 2. The van der Waals surface area contributed by atoms with E-state index in [1.807, 2.05) is 0 Å². The van der Waals surface area contributed by atoms with Gasteiger partial charge in [-0.25, -0.2) is 8.42 Å². The molecule has 0 atom stereocenters. The molecule has 2 aromatic rings. The molecule has 7 heteroatoms. The van der Waals surface area contributed by atoms with E-state index in [1.165, 1.54) is 24.1 Å². The van der Waals surface area contributed by atoms with E-state index in [4.69, 9.17) is 4.74 Å². The van der Waals surface area contributed by atoms with E-state index in [0.717, 1.165) is 4.31 Å². The number of likely N-dealkylation sites (N-methyl/N-ethyl adjacent to an activating group) is 1. The van der Waals surface area contributed by atoms with Crippen LogP contribution in [0.5, 0.6) is 5.75 Å². The van der Waals surface area contributed by atoms with Gasteiger partial charge < -0.3 is 9.64 Å². The van der Waals surface area contributed by atoms with Crippen LogP contribution in [0.3, 0.4) is 0 Å². The molecular weight excluding hydrogens is 316 g/mol. The van der Waals surface area contributed by atoms with Crippen molar-refractivity contribution in [2.24, 2.45) is 0 Å². The molecule has 0 aliphatic carbocycles. The zero-order valence-corrected chi connectivity index (χ0v) is 13.6. The van der Waals surface area contributed by atoms with Crippen LogP contribution in [0.2, 0.25) is 0 Å². The third kappa shape index (κ3) is 2.53. The monoisotopic (exact) mass is 332 g/mol. The largest absolute Gasteiger partial charge is 0.497 e. The number of para-hydroxylation sites is 2. The van der Waals surface area contributed by atoms with E-state index >= 15 is 0 Å². The molecule has 1 aliphatic heterocycles. The lowest BCUT2D eigenvalue weighted by Gasteiger charge is -2.34. The van der Waals surface area contributed by atoms with Gasteiger partial charge in [0.25, 0.3) is 10.0 Å². The summed E-state index contributed by atoms with van der Waals surface area (Å²) >= 11 is 0. The van der Waals surface area contributed by atoms with Gasteiger partial charge in [-0.15, -0.1) is 0 Å². The molecule has 23 heavy (non-hydrogen) atoms. The number of fused-ring (bicyclic) bond motifs is 1. The summed E-state index contributed by atoms with van der Waals surface area (Å²) < 4.78 is 32.0. The van der Waals surface area contributed by atoms with Crippen molar-refractivity contribution >= 4 is 27.3 Å². The quantitative estimate of drug-likeness (QED) is 0.860. The summed E-state index contributed by atoms with van der Waals surface area (Å²) in [4.78, 5) is 13.7. The number of ether oxygens (including phenoxy) is 1. The Hall–Kier alpha value is -2.54. The molecule has 0 unspecified atom stereocenters. The number of rotatable bonds is 3. The lowest BCUT2D eigenvalue weighted by atomic mass is 10.2. The number of benzene rings is 2. The van der Waals surface area contributed by atoms with Crippen molar-refractivity contribution < 1.29 is 17.9 Å². The van der Waals surface area contributed by atoms with E-state index in [9.17, 15) is 13.2 Å². The predicted octanol–water partition coefficient (Wildman–Crippen LogP) is 1.87. The highest BCUT2D eigenvalue weighted by Gasteiger charge is 2.34. The Morgan fingerprint density at radius 1 is 1.00 bits per heavy atom. The van der Waals surface area contributed by atoms with Crippen LogP contribution in [0.4, 0.5) is 11.4 Å². The van der Waals surface area contributed by atoms with Gasteiger partial charge in [-0.2, -0.15) is 0 Å². The minimum absolute atomic E-state index is 0.116. The van der Waals surface area contributed by atoms with Gasteiger partial charge in [-0.05, 0) is 36.4 Å². The second kappa shape index (κ2) is 5.58. The number of amides is 1. The molecule has 0 N–H and O–H groups in total. The van der Waals surface area contributed by atoms with E-state index in [2.05, 4.69) is 0 Å². The molecule has 0 fully saturated rings. The number of methoxy groups -OCH3 is 1. The Morgan fingerprint density at radius 3 is 2.22 bits per heavy atom. The summed E-state index contributed by atoms with van der Waals surface area (Å²) in [7, 11) is -0.676. The van der Waals surface area contributed by atoms with Crippen LogP contribution in [0, 0.1) is 0 Å². The van der Waals surface area contributed by atoms with Crippen molar-refractivity contribution in [2.45, 2.75) is 4.90 Å². The predicted molar refractivity (Wildman–Crippen MR) is 87.4 cm³/mol. The van der Waals surface area contributed by atoms with Gasteiger partial charge in [0.1, 0.15) is 12.3 Å². The lowest BCUT2D eigenvalue weighted by molar-refractivity contribution is -0.117.